The van der Waals surface area contributed by atoms with Gasteiger partial charge in [-0.1, -0.05) is 12.2 Å². The van der Waals surface area contributed by atoms with Crippen molar-refractivity contribution >= 4 is 35.1 Å². The van der Waals surface area contributed by atoms with E-state index < -0.39 is 36.4 Å². The zero-order valence-electron chi connectivity index (χ0n) is 16.8. The molecule has 0 unspecified atom stereocenters. The lowest BCUT2D eigenvalue weighted by Gasteiger charge is -2.21. The first-order valence-corrected chi connectivity index (χ1v) is 9.55. The number of amides is 3. The smallest absolute Gasteiger partial charge is 0.329 e. The van der Waals surface area contributed by atoms with Gasteiger partial charge in [0.15, 0.2) is 6.61 Å². The highest BCUT2D eigenvalue weighted by molar-refractivity contribution is 6.08. The molecule has 29 heavy (non-hydrogen) atoms. The van der Waals surface area contributed by atoms with Crippen LogP contribution in [0, 0.1) is 11.8 Å². The molecule has 0 radical (unpaired) electrons. The van der Waals surface area contributed by atoms with Gasteiger partial charge in [-0.15, -0.1) is 0 Å². The van der Waals surface area contributed by atoms with E-state index >= 15 is 0 Å². The SMILES string of the molecule is C[C@@H](C(=O)OCC(=O)Nc1ccc(N(C)C)cc1)N1C(=O)[C@H]2CC=CC[C@H]2C1=O. The van der Waals surface area contributed by atoms with Crippen LogP contribution in [-0.4, -0.2) is 55.3 Å². The van der Waals surface area contributed by atoms with Crippen molar-refractivity contribution in [3.63, 3.8) is 0 Å². The Hall–Kier alpha value is -3.16. The van der Waals surface area contributed by atoms with E-state index in [1.54, 1.807) is 12.1 Å². The molecule has 1 aromatic carbocycles. The zero-order chi connectivity index (χ0) is 21.1. The van der Waals surface area contributed by atoms with E-state index in [4.69, 9.17) is 4.74 Å². The van der Waals surface area contributed by atoms with Crippen LogP contribution in [0.4, 0.5) is 11.4 Å². The van der Waals surface area contributed by atoms with Crippen LogP contribution in [0.25, 0.3) is 0 Å². The van der Waals surface area contributed by atoms with Crippen molar-refractivity contribution in [2.75, 3.05) is 30.9 Å². The number of benzene rings is 1. The zero-order valence-corrected chi connectivity index (χ0v) is 16.8. The maximum absolute atomic E-state index is 12.5. The second kappa shape index (κ2) is 8.46. The number of allylic oxidation sites excluding steroid dienone is 2. The number of hydrogen-bond donors (Lipinski definition) is 1. The van der Waals surface area contributed by atoms with E-state index in [9.17, 15) is 19.2 Å². The molecule has 8 heteroatoms. The summed E-state index contributed by atoms with van der Waals surface area (Å²) in [6.45, 7) is 0.948. The quantitative estimate of drug-likeness (QED) is 0.443. The largest absolute Gasteiger partial charge is 0.454 e. The van der Waals surface area contributed by atoms with Crippen LogP contribution >= 0.6 is 0 Å². The number of fused-ring (bicyclic) bond motifs is 1. The average Bonchev–Trinajstić information content (AvgIpc) is 2.96. The summed E-state index contributed by atoms with van der Waals surface area (Å²) >= 11 is 0. The Labute approximate surface area is 169 Å². The summed E-state index contributed by atoms with van der Waals surface area (Å²) in [5, 5.41) is 2.64. The number of imide groups is 1. The minimum atomic E-state index is -1.06. The first kappa shape index (κ1) is 20.6. The highest BCUT2D eigenvalue weighted by Gasteiger charge is 2.50. The van der Waals surface area contributed by atoms with Gasteiger partial charge < -0.3 is 15.0 Å². The molecular weight excluding hydrogens is 374 g/mol. The molecule has 1 aliphatic carbocycles. The minimum Gasteiger partial charge on any atom is -0.454 e. The van der Waals surface area contributed by atoms with Crippen LogP contribution < -0.4 is 10.2 Å². The molecule has 3 atom stereocenters. The van der Waals surface area contributed by atoms with E-state index in [1.807, 2.05) is 43.3 Å². The summed E-state index contributed by atoms with van der Waals surface area (Å²) in [4.78, 5) is 52.4. The van der Waals surface area contributed by atoms with Gasteiger partial charge in [0.05, 0.1) is 11.8 Å². The van der Waals surface area contributed by atoms with Crippen molar-refractivity contribution in [1.29, 1.82) is 0 Å². The van der Waals surface area contributed by atoms with Crippen molar-refractivity contribution in [2.45, 2.75) is 25.8 Å². The molecule has 1 fully saturated rings. The lowest BCUT2D eigenvalue weighted by molar-refractivity contribution is -0.159. The Morgan fingerprint density at radius 3 is 2.17 bits per heavy atom. The van der Waals surface area contributed by atoms with Crippen LogP contribution in [0.5, 0.6) is 0 Å². The fraction of sp³-hybridized carbons (Fsp3) is 0.429. The van der Waals surface area contributed by atoms with Gasteiger partial charge in [0.1, 0.15) is 6.04 Å². The minimum absolute atomic E-state index is 0.348. The van der Waals surface area contributed by atoms with Gasteiger partial charge in [0, 0.05) is 25.5 Å². The van der Waals surface area contributed by atoms with Crippen molar-refractivity contribution in [1.82, 2.24) is 4.90 Å². The first-order valence-electron chi connectivity index (χ1n) is 9.55. The molecule has 0 aromatic heterocycles. The average molecular weight is 399 g/mol. The Kier molecular flexibility index (Phi) is 6.00. The van der Waals surface area contributed by atoms with E-state index in [1.165, 1.54) is 6.92 Å². The molecule has 3 amide bonds. The third kappa shape index (κ3) is 4.31. The number of ether oxygens (including phenoxy) is 1. The molecule has 154 valence electrons. The molecular formula is C21H25N3O5. The molecule has 1 aromatic rings. The third-order valence-corrected chi connectivity index (χ3v) is 5.28. The standard InChI is InChI=1S/C21H25N3O5/c1-13(24-19(26)16-6-4-5-7-17(16)20(24)27)21(28)29-12-18(25)22-14-8-10-15(11-9-14)23(2)3/h4-5,8-11,13,16-17H,6-7,12H2,1-3H3,(H,22,25)/t13-,16-,17+/m0/s1. The van der Waals surface area contributed by atoms with Crippen LogP contribution in [0.2, 0.25) is 0 Å². The molecule has 1 N–H and O–H groups in total. The lowest BCUT2D eigenvalue weighted by Crippen LogP contribution is -2.45. The van der Waals surface area contributed by atoms with Crippen molar-refractivity contribution < 1.29 is 23.9 Å². The van der Waals surface area contributed by atoms with Gasteiger partial charge in [0.25, 0.3) is 5.91 Å². The van der Waals surface area contributed by atoms with Crippen molar-refractivity contribution in [3.8, 4) is 0 Å². The van der Waals surface area contributed by atoms with Crippen LogP contribution in [0.3, 0.4) is 0 Å². The normalized spacial score (nSPS) is 21.6. The number of rotatable bonds is 6. The van der Waals surface area contributed by atoms with Crippen LogP contribution in [-0.2, 0) is 23.9 Å². The summed E-state index contributed by atoms with van der Waals surface area (Å²) in [6.07, 6.45) is 4.77. The maximum atomic E-state index is 12.5. The topological polar surface area (TPSA) is 96.0 Å². The number of hydrogen-bond acceptors (Lipinski definition) is 6. The van der Waals surface area contributed by atoms with Crippen LogP contribution in [0.15, 0.2) is 36.4 Å². The predicted octanol–water partition coefficient (Wildman–Crippen LogP) is 1.57. The van der Waals surface area contributed by atoms with Gasteiger partial charge in [-0.05, 0) is 44.0 Å². The van der Waals surface area contributed by atoms with E-state index in [2.05, 4.69) is 5.32 Å². The van der Waals surface area contributed by atoms with Gasteiger partial charge in [0.2, 0.25) is 11.8 Å². The summed E-state index contributed by atoms with van der Waals surface area (Å²) in [7, 11) is 3.82. The number of likely N-dealkylation sites (tertiary alicyclic amines) is 1. The fourth-order valence-corrected chi connectivity index (χ4v) is 3.61. The molecule has 8 nitrogen and oxygen atoms in total. The molecule has 1 aliphatic heterocycles. The lowest BCUT2D eigenvalue weighted by atomic mass is 9.85. The van der Waals surface area contributed by atoms with E-state index in [0.717, 1.165) is 10.6 Å². The Morgan fingerprint density at radius 1 is 1.10 bits per heavy atom. The second-order valence-electron chi connectivity index (χ2n) is 7.48. The molecule has 1 saturated heterocycles. The number of carbonyl (C=O) groups is 4. The van der Waals surface area contributed by atoms with Crippen molar-refractivity contribution in [2.24, 2.45) is 11.8 Å². The molecule has 1 heterocycles. The molecule has 2 aliphatic rings. The second-order valence-corrected chi connectivity index (χ2v) is 7.48. The monoisotopic (exact) mass is 399 g/mol. The summed E-state index contributed by atoms with van der Waals surface area (Å²) in [6, 6.07) is 6.13. The van der Waals surface area contributed by atoms with Crippen molar-refractivity contribution in [3.05, 3.63) is 36.4 Å². The fourth-order valence-electron chi connectivity index (χ4n) is 3.61. The summed E-state index contributed by atoms with van der Waals surface area (Å²) in [5.41, 5.74) is 1.56. The maximum Gasteiger partial charge on any atom is 0.329 e. The highest BCUT2D eigenvalue weighted by atomic mass is 16.5. The number of nitrogens with one attached hydrogen (secondary N) is 1. The van der Waals surface area contributed by atoms with E-state index in [0.29, 0.717) is 18.5 Å². The summed E-state index contributed by atoms with van der Waals surface area (Å²) in [5.74, 6) is -2.79. The Balaban J connectivity index is 1.53. The Morgan fingerprint density at radius 2 is 1.66 bits per heavy atom. The van der Waals surface area contributed by atoms with Gasteiger partial charge in [-0.3, -0.25) is 19.3 Å². The number of esters is 1. The number of nitrogens with zero attached hydrogens (tertiary/aromatic N) is 2. The number of carbonyl (C=O) groups excluding carboxylic acids is 4. The third-order valence-electron chi connectivity index (χ3n) is 5.28. The molecule has 0 bridgehead atoms. The first-order chi connectivity index (χ1) is 13.8. The highest BCUT2D eigenvalue weighted by Crippen LogP contribution is 2.36. The van der Waals surface area contributed by atoms with Gasteiger partial charge in [-0.25, -0.2) is 4.79 Å². The number of anilines is 2. The van der Waals surface area contributed by atoms with Gasteiger partial charge >= 0.3 is 5.97 Å². The van der Waals surface area contributed by atoms with E-state index in [-0.39, 0.29) is 11.8 Å². The summed E-state index contributed by atoms with van der Waals surface area (Å²) < 4.78 is 5.04. The van der Waals surface area contributed by atoms with Crippen LogP contribution in [0.1, 0.15) is 19.8 Å². The molecule has 0 saturated carbocycles. The predicted molar refractivity (Wildman–Crippen MR) is 107 cm³/mol. The molecule has 3 rings (SSSR count). The Bertz CT molecular complexity index is 820. The van der Waals surface area contributed by atoms with Gasteiger partial charge in [-0.2, -0.15) is 0 Å². The molecule has 0 spiro atoms.